The van der Waals surface area contributed by atoms with Gasteiger partial charge in [0.2, 0.25) is 11.9 Å². The zero-order valence-electron chi connectivity index (χ0n) is 15.8. The molecule has 0 atom stereocenters. The van der Waals surface area contributed by atoms with Crippen molar-refractivity contribution in [3.63, 3.8) is 0 Å². The summed E-state index contributed by atoms with van der Waals surface area (Å²) in [6, 6.07) is 7.99. The molecule has 27 heavy (non-hydrogen) atoms. The van der Waals surface area contributed by atoms with E-state index in [0.717, 1.165) is 37.2 Å². The summed E-state index contributed by atoms with van der Waals surface area (Å²) in [5.41, 5.74) is 1.09. The van der Waals surface area contributed by atoms with Crippen LogP contribution in [0.25, 0.3) is 0 Å². The van der Waals surface area contributed by atoms with Gasteiger partial charge in [-0.05, 0) is 37.0 Å². The van der Waals surface area contributed by atoms with Gasteiger partial charge in [0.05, 0.1) is 20.8 Å². The highest BCUT2D eigenvalue weighted by atomic mass is 16.5. The molecule has 1 aliphatic heterocycles. The van der Waals surface area contributed by atoms with Gasteiger partial charge in [-0.3, -0.25) is 4.79 Å². The molecule has 2 heterocycles. The molecule has 1 fully saturated rings. The highest BCUT2D eigenvalue weighted by Crippen LogP contribution is 2.17. The second-order valence-electron chi connectivity index (χ2n) is 6.36. The van der Waals surface area contributed by atoms with E-state index in [1.54, 1.807) is 7.11 Å². The Hall–Kier alpha value is -2.90. The van der Waals surface area contributed by atoms with E-state index in [2.05, 4.69) is 25.2 Å². The zero-order chi connectivity index (χ0) is 19.1. The maximum atomic E-state index is 12.2. The third-order valence-electron chi connectivity index (χ3n) is 4.46. The van der Waals surface area contributed by atoms with Crippen molar-refractivity contribution in [2.45, 2.75) is 32.2 Å². The molecule has 2 aromatic rings. The normalized spacial score (nSPS) is 13.5. The molecule has 1 N–H and O–H groups in total. The van der Waals surface area contributed by atoms with Crippen molar-refractivity contribution in [1.29, 1.82) is 0 Å². The van der Waals surface area contributed by atoms with E-state index in [0.29, 0.717) is 24.6 Å². The summed E-state index contributed by atoms with van der Waals surface area (Å²) in [4.78, 5) is 27.3. The number of amides is 1. The summed E-state index contributed by atoms with van der Waals surface area (Å²) in [5, 5.41) is 2.87. The fourth-order valence-corrected chi connectivity index (χ4v) is 2.93. The first-order valence-corrected chi connectivity index (χ1v) is 9.11. The molecule has 1 aromatic heterocycles. The predicted octanol–water partition coefficient (Wildman–Crippen LogP) is 1.74. The maximum absolute atomic E-state index is 12.2. The molecule has 144 valence electrons. The van der Waals surface area contributed by atoms with Gasteiger partial charge in [0.1, 0.15) is 5.75 Å². The number of carbonyl (C=O) groups excluding carboxylic acids is 1. The molecule has 0 aliphatic carbocycles. The SMILES string of the molecule is COc1ccc(CCC(=O)NCc2nc(OC)nc(N3CCCC3)n2)cc1. The summed E-state index contributed by atoms with van der Waals surface area (Å²) < 4.78 is 10.3. The first kappa shape index (κ1) is 18.9. The van der Waals surface area contributed by atoms with Crippen LogP contribution in [0.1, 0.15) is 30.7 Å². The first-order chi connectivity index (χ1) is 13.2. The van der Waals surface area contributed by atoms with Crippen molar-refractivity contribution in [3.05, 3.63) is 35.7 Å². The molecule has 1 saturated heterocycles. The Balaban J connectivity index is 1.53. The Morgan fingerprint density at radius 1 is 1.07 bits per heavy atom. The van der Waals surface area contributed by atoms with Gasteiger partial charge in [0, 0.05) is 19.5 Å². The van der Waals surface area contributed by atoms with E-state index in [1.165, 1.54) is 7.11 Å². The second-order valence-corrected chi connectivity index (χ2v) is 6.36. The van der Waals surface area contributed by atoms with E-state index < -0.39 is 0 Å². The van der Waals surface area contributed by atoms with Gasteiger partial charge in [-0.1, -0.05) is 12.1 Å². The fourth-order valence-electron chi connectivity index (χ4n) is 2.93. The summed E-state index contributed by atoms with van der Waals surface area (Å²) in [6.45, 7) is 2.11. The zero-order valence-corrected chi connectivity index (χ0v) is 15.8. The van der Waals surface area contributed by atoms with Gasteiger partial charge in [0.25, 0.3) is 0 Å². The molecule has 8 heteroatoms. The summed E-state index contributed by atoms with van der Waals surface area (Å²) >= 11 is 0. The summed E-state index contributed by atoms with van der Waals surface area (Å²) in [7, 11) is 3.16. The van der Waals surface area contributed by atoms with Crippen molar-refractivity contribution in [1.82, 2.24) is 20.3 Å². The average molecular weight is 371 g/mol. The lowest BCUT2D eigenvalue weighted by molar-refractivity contribution is -0.121. The number of anilines is 1. The number of rotatable bonds is 8. The predicted molar refractivity (Wildman–Crippen MR) is 101 cm³/mol. The van der Waals surface area contributed by atoms with Crippen LogP contribution in [0.4, 0.5) is 5.95 Å². The van der Waals surface area contributed by atoms with E-state index in [4.69, 9.17) is 9.47 Å². The minimum Gasteiger partial charge on any atom is -0.497 e. The second kappa shape index (κ2) is 9.16. The summed E-state index contributed by atoms with van der Waals surface area (Å²) in [5.74, 6) is 1.87. The lowest BCUT2D eigenvalue weighted by atomic mass is 10.1. The molecule has 0 saturated carbocycles. The number of hydrogen-bond acceptors (Lipinski definition) is 7. The van der Waals surface area contributed by atoms with Crippen molar-refractivity contribution < 1.29 is 14.3 Å². The van der Waals surface area contributed by atoms with Crippen LogP contribution in [0.2, 0.25) is 0 Å². The van der Waals surface area contributed by atoms with Gasteiger partial charge in [-0.25, -0.2) is 0 Å². The number of aromatic nitrogens is 3. The van der Waals surface area contributed by atoms with Crippen LogP contribution in [-0.2, 0) is 17.8 Å². The van der Waals surface area contributed by atoms with Crippen molar-refractivity contribution in [3.8, 4) is 11.8 Å². The molecule has 0 unspecified atom stereocenters. The lowest BCUT2D eigenvalue weighted by Gasteiger charge is -2.16. The number of hydrogen-bond donors (Lipinski definition) is 1. The van der Waals surface area contributed by atoms with Crippen molar-refractivity contribution >= 4 is 11.9 Å². The molecular formula is C19H25N5O3. The van der Waals surface area contributed by atoms with Crippen LogP contribution in [0.5, 0.6) is 11.8 Å². The first-order valence-electron chi connectivity index (χ1n) is 9.11. The molecule has 1 aliphatic rings. The molecule has 3 rings (SSSR count). The smallest absolute Gasteiger partial charge is 0.321 e. The Morgan fingerprint density at radius 3 is 2.48 bits per heavy atom. The van der Waals surface area contributed by atoms with Crippen LogP contribution in [0.15, 0.2) is 24.3 Å². The van der Waals surface area contributed by atoms with Gasteiger partial charge < -0.3 is 19.7 Å². The van der Waals surface area contributed by atoms with Gasteiger partial charge in [-0.15, -0.1) is 0 Å². The highest BCUT2D eigenvalue weighted by molar-refractivity contribution is 5.76. The number of ether oxygens (including phenoxy) is 2. The third-order valence-corrected chi connectivity index (χ3v) is 4.46. The number of carbonyl (C=O) groups is 1. The lowest BCUT2D eigenvalue weighted by Crippen LogP contribution is -2.26. The standard InChI is InChI=1S/C19H25N5O3/c1-26-15-8-5-14(6-9-15)7-10-17(25)20-13-16-21-18(23-19(22-16)27-2)24-11-3-4-12-24/h5-6,8-9H,3-4,7,10-13H2,1-2H3,(H,20,25). The topological polar surface area (TPSA) is 89.5 Å². The Morgan fingerprint density at radius 2 is 1.81 bits per heavy atom. The number of benzene rings is 1. The van der Waals surface area contributed by atoms with Crippen LogP contribution < -0.4 is 19.7 Å². The summed E-state index contributed by atoms with van der Waals surface area (Å²) in [6.07, 6.45) is 3.32. The van der Waals surface area contributed by atoms with Gasteiger partial charge in [-0.2, -0.15) is 15.0 Å². The van der Waals surface area contributed by atoms with Crippen LogP contribution in [-0.4, -0.2) is 48.2 Å². The van der Waals surface area contributed by atoms with Crippen molar-refractivity contribution in [2.75, 3.05) is 32.2 Å². The third kappa shape index (κ3) is 5.29. The number of nitrogens with zero attached hydrogens (tertiary/aromatic N) is 4. The Labute approximate surface area is 158 Å². The van der Waals surface area contributed by atoms with Gasteiger partial charge >= 0.3 is 6.01 Å². The van der Waals surface area contributed by atoms with E-state index in [-0.39, 0.29) is 18.5 Å². The highest BCUT2D eigenvalue weighted by Gasteiger charge is 2.17. The quantitative estimate of drug-likeness (QED) is 0.756. The number of nitrogens with one attached hydrogen (secondary N) is 1. The van der Waals surface area contributed by atoms with Crippen molar-refractivity contribution in [2.24, 2.45) is 0 Å². The molecule has 1 aromatic carbocycles. The molecular weight excluding hydrogens is 346 g/mol. The largest absolute Gasteiger partial charge is 0.497 e. The Kier molecular flexibility index (Phi) is 6.40. The van der Waals surface area contributed by atoms with E-state index in [9.17, 15) is 4.79 Å². The minimum absolute atomic E-state index is 0.0482. The monoisotopic (exact) mass is 371 g/mol. The average Bonchev–Trinajstić information content (AvgIpc) is 3.26. The fraction of sp³-hybridized carbons (Fsp3) is 0.474. The molecule has 8 nitrogen and oxygen atoms in total. The minimum atomic E-state index is -0.0482. The van der Waals surface area contributed by atoms with Crippen LogP contribution in [0, 0.1) is 0 Å². The molecule has 0 radical (unpaired) electrons. The maximum Gasteiger partial charge on any atom is 0.321 e. The van der Waals surface area contributed by atoms with Crippen LogP contribution in [0.3, 0.4) is 0 Å². The van der Waals surface area contributed by atoms with E-state index >= 15 is 0 Å². The molecule has 0 bridgehead atoms. The van der Waals surface area contributed by atoms with Crippen LogP contribution >= 0.6 is 0 Å². The number of aryl methyl sites for hydroxylation is 1. The van der Waals surface area contributed by atoms with E-state index in [1.807, 2.05) is 24.3 Å². The Bertz CT molecular complexity index is 760. The molecule has 0 spiro atoms. The number of methoxy groups -OCH3 is 2. The van der Waals surface area contributed by atoms with Gasteiger partial charge in [0.15, 0.2) is 5.82 Å². The molecule has 1 amide bonds.